The fourth-order valence-electron chi connectivity index (χ4n) is 1.66. The molecule has 0 aliphatic carbocycles. The lowest BCUT2D eigenvalue weighted by Crippen LogP contribution is -2.08. The highest BCUT2D eigenvalue weighted by Gasteiger charge is 2.05. The average molecular weight is 258 g/mol. The van der Waals surface area contributed by atoms with Crippen molar-refractivity contribution in [2.45, 2.75) is 0 Å². The molecule has 0 aliphatic heterocycles. The largest absolute Gasteiger partial charge is 0.481 e. The number of methoxy groups -OCH3 is 1. The van der Waals surface area contributed by atoms with Gasteiger partial charge in [0.1, 0.15) is 0 Å². The Morgan fingerprint density at radius 2 is 2.00 bits per heavy atom. The van der Waals surface area contributed by atoms with E-state index in [2.05, 4.69) is 10.3 Å². The molecular formula is C14H18N4O. The van der Waals surface area contributed by atoms with Crippen LogP contribution in [0, 0.1) is 0 Å². The predicted molar refractivity (Wildman–Crippen MR) is 79.3 cm³/mol. The maximum atomic E-state index is 5.90. The fourth-order valence-corrected chi connectivity index (χ4v) is 1.66. The van der Waals surface area contributed by atoms with Crippen LogP contribution in [0.15, 0.2) is 36.4 Å². The highest BCUT2D eigenvalue weighted by Crippen LogP contribution is 2.25. The minimum atomic E-state index is 0.528. The number of benzene rings is 1. The van der Waals surface area contributed by atoms with Gasteiger partial charge in [0.25, 0.3) is 0 Å². The highest BCUT2D eigenvalue weighted by molar-refractivity contribution is 5.71. The van der Waals surface area contributed by atoms with Gasteiger partial charge in [0.2, 0.25) is 5.88 Å². The molecule has 0 bridgehead atoms. The molecule has 0 saturated carbocycles. The van der Waals surface area contributed by atoms with E-state index in [-0.39, 0.29) is 0 Å². The third-order valence-corrected chi connectivity index (χ3v) is 2.74. The van der Waals surface area contributed by atoms with Gasteiger partial charge in [-0.2, -0.15) is 4.98 Å². The number of nitrogens with two attached hydrogens (primary N) is 1. The van der Waals surface area contributed by atoms with E-state index in [0.717, 1.165) is 11.4 Å². The van der Waals surface area contributed by atoms with Crippen molar-refractivity contribution in [3.63, 3.8) is 0 Å². The summed E-state index contributed by atoms with van der Waals surface area (Å²) in [7, 11) is 5.57. The van der Waals surface area contributed by atoms with Crippen molar-refractivity contribution in [2.24, 2.45) is 0 Å². The highest BCUT2D eigenvalue weighted by atomic mass is 16.5. The molecule has 1 aromatic heterocycles. The molecule has 1 aromatic carbocycles. The van der Waals surface area contributed by atoms with Crippen LogP contribution in [0.3, 0.4) is 0 Å². The van der Waals surface area contributed by atoms with Gasteiger partial charge >= 0.3 is 0 Å². The van der Waals surface area contributed by atoms with Crippen LogP contribution in [0.4, 0.5) is 22.9 Å². The molecule has 19 heavy (non-hydrogen) atoms. The first-order valence-electron chi connectivity index (χ1n) is 5.95. The zero-order valence-corrected chi connectivity index (χ0v) is 11.3. The average Bonchev–Trinajstić information content (AvgIpc) is 2.41. The standard InChI is InChI=1S/C14H18N4O/c1-18(2)11-6-4-5-10(9-11)16-14-12(15)7-8-13(17-14)19-3/h4-9H,15H2,1-3H3,(H,16,17). The molecule has 0 fully saturated rings. The summed E-state index contributed by atoms with van der Waals surface area (Å²) in [4.78, 5) is 6.32. The lowest BCUT2D eigenvalue weighted by molar-refractivity contribution is 0.398. The van der Waals surface area contributed by atoms with E-state index in [1.807, 2.05) is 43.3 Å². The van der Waals surface area contributed by atoms with E-state index in [9.17, 15) is 0 Å². The molecule has 0 spiro atoms. The number of nitrogens with zero attached hydrogens (tertiary/aromatic N) is 2. The topological polar surface area (TPSA) is 63.4 Å². The minimum Gasteiger partial charge on any atom is -0.481 e. The molecule has 0 aliphatic rings. The third kappa shape index (κ3) is 3.07. The Morgan fingerprint density at radius 3 is 2.68 bits per heavy atom. The minimum absolute atomic E-state index is 0.528. The number of anilines is 4. The number of nitrogen functional groups attached to an aromatic ring is 1. The second kappa shape index (κ2) is 5.48. The molecule has 5 heteroatoms. The molecule has 2 aromatic rings. The van der Waals surface area contributed by atoms with Crippen molar-refractivity contribution in [1.82, 2.24) is 4.98 Å². The van der Waals surface area contributed by atoms with Gasteiger partial charge in [-0.25, -0.2) is 0 Å². The van der Waals surface area contributed by atoms with Crippen molar-refractivity contribution in [2.75, 3.05) is 37.2 Å². The van der Waals surface area contributed by atoms with Crippen LogP contribution in [0.5, 0.6) is 5.88 Å². The summed E-state index contributed by atoms with van der Waals surface area (Å²) in [6.45, 7) is 0. The maximum Gasteiger partial charge on any atom is 0.215 e. The quantitative estimate of drug-likeness (QED) is 0.882. The second-order valence-corrected chi connectivity index (χ2v) is 4.36. The summed E-state index contributed by atoms with van der Waals surface area (Å²) in [5, 5.41) is 3.20. The van der Waals surface area contributed by atoms with E-state index in [4.69, 9.17) is 10.5 Å². The Hall–Kier alpha value is -2.43. The predicted octanol–water partition coefficient (Wildman–Crippen LogP) is 2.48. The molecule has 2 rings (SSSR count). The van der Waals surface area contributed by atoms with Crippen molar-refractivity contribution in [1.29, 1.82) is 0 Å². The van der Waals surface area contributed by atoms with E-state index in [0.29, 0.717) is 17.4 Å². The molecule has 100 valence electrons. The van der Waals surface area contributed by atoms with Gasteiger partial charge in [-0.1, -0.05) is 6.07 Å². The number of rotatable bonds is 4. The van der Waals surface area contributed by atoms with Crippen molar-refractivity contribution >= 4 is 22.9 Å². The number of aromatic nitrogens is 1. The number of nitrogens with one attached hydrogen (secondary N) is 1. The first-order chi connectivity index (χ1) is 9.10. The van der Waals surface area contributed by atoms with E-state index < -0.39 is 0 Å². The number of hydrogen-bond acceptors (Lipinski definition) is 5. The van der Waals surface area contributed by atoms with Crippen LogP contribution < -0.4 is 20.7 Å². The Labute approximate surface area is 113 Å². The van der Waals surface area contributed by atoms with Crippen molar-refractivity contribution < 1.29 is 4.74 Å². The molecular weight excluding hydrogens is 240 g/mol. The second-order valence-electron chi connectivity index (χ2n) is 4.36. The summed E-state index contributed by atoms with van der Waals surface area (Å²) in [5.74, 6) is 1.12. The Balaban J connectivity index is 2.28. The molecule has 0 unspecified atom stereocenters. The lowest BCUT2D eigenvalue weighted by Gasteiger charge is -2.15. The SMILES string of the molecule is COc1ccc(N)c(Nc2cccc(N(C)C)c2)n1. The van der Waals surface area contributed by atoms with Crippen molar-refractivity contribution in [3.05, 3.63) is 36.4 Å². The van der Waals surface area contributed by atoms with Gasteiger partial charge in [0.15, 0.2) is 5.82 Å². The van der Waals surface area contributed by atoms with Gasteiger partial charge < -0.3 is 20.7 Å². The zero-order valence-electron chi connectivity index (χ0n) is 11.3. The Morgan fingerprint density at radius 1 is 1.21 bits per heavy atom. The Bertz CT molecular complexity index is 569. The summed E-state index contributed by atoms with van der Waals surface area (Å²) in [6, 6.07) is 11.5. The monoisotopic (exact) mass is 258 g/mol. The molecule has 1 heterocycles. The van der Waals surface area contributed by atoms with E-state index >= 15 is 0 Å². The van der Waals surface area contributed by atoms with Crippen LogP contribution in [0.1, 0.15) is 0 Å². The van der Waals surface area contributed by atoms with Crippen LogP contribution in [0.2, 0.25) is 0 Å². The van der Waals surface area contributed by atoms with Gasteiger partial charge in [-0.15, -0.1) is 0 Å². The van der Waals surface area contributed by atoms with Crippen LogP contribution in [-0.4, -0.2) is 26.2 Å². The third-order valence-electron chi connectivity index (χ3n) is 2.74. The molecule has 0 atom stereocenters. The molecule has 3 N–H and O–H groups in total. The van der Waals surface area contributed by atoms with Gasteiger partial charge in [-0.05, 0) is 24.3 Å². The molecule has 5 nitrogen and oxygen atoms in total. The summed E-state index contributed by atoms with van der Waals surface area (Å²) in [6.07, 6.45) is 0. The smallest absolute Gasteiger partial charge is 0.215 e. The zero-order chi connectivity index (χ0) is 13.8. The molecule has 0 radical (unpaired) electrons. The fraction of sp³-hybridized carbons (Fsp3) is 0.214. The number of pyridine rings is 1. The van der Waals surface area contributed by atoms with Crippen LogP contribution in [0.25, 0.3) is 0 Å². The van der Waals surface area contributed by atoms with Crippen LogP contribution in [-0.2, 0) is 0 Å². The molecule has 0 saturated heterocycles. The van der Waals surface area contributed by atoms with E-state index in [1.165, 1.54) is 0 Å². The first-order valence-corrected chi connectivity index (χ1v) is 5.95. The lowest BCUT2D eigenvalue weighted by atomic mass is 10.2. The maximum absolute atomic E-state index is 5.90. The van der Waals surface area contributed by atoms with Gasteiger partial charge in [0, 0.05) is 31.5 Å². The normalized spacial score (nSPS) is 10.1. The first kappa shape index (κ1) is 13.0. The van der Waals surface area contributed by atoms with Gasteiger partial charge in [0.05, 0.1) is 12.8 Å². The van der Waals surface area contributed by atoms with E-state index in [1.54, 1.807) is 19.2 Å². The Kier molecular flexibility index (Phi) is 3.75. The van der Waals surface area contributed by atoms with Gasteiger partial charge in [-0.3, -0.25) is 0 Å². The number of ether oxygens (including phenoxy) is 1. The number of hydrogen-bond donors (Lipinski definition) is 2. The summed E-state index contributed by atoms with van der Waals surface area (Å²) < 4.78 is 5.09. The van der Waals surface area contributed by atoms with Crippen LogP contribution >= 0.6 is 0 Å². The summed E-state index contributed by atoms with van der Waals surface area (Å²) >= 11 is 0. The molecule has 0 amide bonds. The van der Waals surface area contributed by atoms with Crippen molar-refractivity contribution in [3.8, 4) is 5.88 Å². The summed E-state index contributed by atoms with van der Waals surface area (Å²) in [5.41, 5.74) is 8.51.